The number of nitrogens with zero attached hydrogens (tertiary/aromatic N) is 1. The number of nitrogens with two attached hydrogens (primary N) is 1. The average Bonchev–Trinajstić information content (AvgIpc) is 2.97. The predicted octanol–water partition coefficient (Wildman–Crippen LogP) is 2.73. The molecule has 0 aromatic carbocycles. The van der Waals surface area contributed by atoms with Crippen LogP contribution in [0.2, 0.25) is 0 Å². The summed E-state index contributed by atoms with van der Waals surface area (Å²) in [5.41, 5.74) is 5.64. The Morgan fingerprint density at radius 1 is 1.32 bits per heavy atom. The summed E-state index contributed by atoms with van der Waals surface area (Å²) < 4.78 is 0. The molecule has 3 nitrogen and oxygen atoms in total. The van der Waals surface area contributed by atoms with Crippen molar-refractivity contribution in [2.45, 2.75) is 52.9 Å². The van der Waals surface area contributed by atoms with Crippen molar-refractivity contribution in [1.82, 2.24) is 4.90 Å². The molecule has 1 aliphatic heterocycles. The molecule has 1 unspecified atom stereocenters. The number of carbonyl (C=O) groups excluding carboxylic acids is 1. The van der Waals surface area contributed by atoms with E-state index in [1.807, 2.05) is 4.90 Å². The fraction of sp³-hybridized carbons (Fsp3) is 0.867. The zero-order chi connectivity index (χ0) is 14.3. The minimum Gasteiger partial charge on any atom is -0.392 e. The summed E-state index contributed by atoms with van der Waals surface area (Å²) in [6.07, 6.45) is 4.93. The Morgan fingerprint density at radius 3 is 2.32 bits per heavy atom. The number of likely N-dealkylation sites (tertiary alicyclic amines) is 1. The van der Waals surface area contributed by atoms with Gasteiger partial charge < -0.3 is 10.6 Å². The third-order valence-corrected chi connectivity index (χ3v) is 5.43. The Hall–Kier alpha value is -0.640. The highest BCUT2D eigenvalue weighted by Crippen LogP contribution is 2.42. The average molecular weight is 282 g/mol. The second-order valence-electron chi connectivity index (χ2n) is 7.26. The van der Waals surface area contributed by atoms with Crippen LogP contribution in [0.4, 0.5) is 0 Å². The third-order valence-electron chi connectivity index (χ3n) is 5.04. The van der Waals surface area contributed by atoms with Gasteiger partial charge in [0, 0.05) is 13.1 Å². The SMILES string of the molecule is CC(C)(C)C1CCN(C(=O)C2(C(N)=S)CCCC2)C1. The molecule has 2 aliphatic rings. The number of thiocarbonyl (C=S) groups is 1. The van der Waals surface area contributed by atoms with E-state index in [0.717, 1.165) is 45.2 Å². The largest absolute Gasteiger partial charge is 0.392 e. The van der Waals surface area contributed by atoms with Crippen molar-refractivity contribution >= 4 is 23.1 Å². The van der Waals surface area contributed by atoms with E-state index < -0.39 is 5.41 Å². The van der Waals surface area contributed by atoms with Crippen LogP contribution in [0.3, 0.4) is 0 Å². The van der Waals surface area contributed by atoms with Gasteiger partial charge in [-0.15, -0.1) is 0 Å². The van der Waals surface area contributed by atoms with Gasteiger partial charge in [-0.1, -0.05) is 45.8 Å². The van der Waals surface area contributed by atoms with Gasteiger partial charge in [-0.2, -0.15) is 0 Å². The van der Waals surface area contributed by atoms with Crippen molar-refractivity contribution in [3.63, 3.8) is 0 Å². The second kappa shape index (κ2) is 5.04. The summed E-state index contributed by atoms with van der Waals surface area (Å²) in [6.45, 7) is 8.50. The molecule has 1 heterocycles. The molecule has 1 amide bonds. The van der Waals surface area contributed by atoms with Gasteiger partial charge in [0.15, 0.2) is 0 Å². The summed E-state index contributed by atoms with van der Waals surface area (Å²) in [5.74, 6) is 0.783. The van der Waals surface area contributed by atoms with Gasteiger partial charge in [-0.3, -0.25) is 4.79 Å². The van der Waals surface area contributed by atoms with Crippen LogP contribution in [0.25, 0.3) is 0 Å². The van der Waals surface area contributed by atoms with Gasteiger partial charge in [0.1, 0.15) is 0 Å². The zero-order valence-electron chi connectivity index (χ0n) is 12.4. The van der Waals surface area contributed by atoms with Crippen LogP contribution in [0, 0.1) is 16.7 Å². The molecule has 0 radical (unpaired) electrons. The van der Waals surface area contributed by atoms with Gasteiger partial charge in [0.2, 0.25) is 5.91 Å². The molecular formula is C15H26N2OS. The maximum Gasteiger partial charge on any atom is 0.235 e. The summed E-state index contributed by atoms with van der Waals surface area (Å²) >= 11 is 5.21. The molecule has 2 fully saturated rings. The van der Waals surface area contributed by atoms with E-state index in [1.165, 1.54) is 0 Å². The van der Waals surface area contributed by atoms with E-state index in [9.17, 15) is 4.79 Å². The third kappa shape index (κ3) is 2.64. The van der Waals surface area contributed by atoms with Gasteiger partial charge in [-0.25, -0.2) is 0 Å². The summed E-state index contributed by atoms with van der Waals surface area (Å²) in [4.78, 5) is 15.3. The number of hydrogen-bond acceptors (Lipinski definition) is 2. The first-order valence-corrected chi connectivity index (χ1v) is 7.77. The molecular weight excluding hydrogens is 256 g/mol. The first-order chi connectivity index (χ1) is 8.77. The van der Waals surface area contributed by atoms with E-state index in [2.05, 4.69) is 20.8 Å². The number of hydrogen-bond donors (Lipinski definition) is 1. The Bertz CT molecular complexity index is 380. The van der Waals surface area contributed by atoms with Crippen LogP contribution in [0.5, 0.6) is 0 Å². The quantitative estimate of drug-likeness (QED) is 0.792. The smallest absolute Gasteiger partial charge is 0.235 e. The molecule has 0 bridgehead atoms. The Labute approximate surface area is 121 Å². The lowest BCUT2D eigenvalue weighted by Gasteiger charge is -2.32. The van der Waals surface area contributed by atoms with Crippen molar-refractivity contribution in [3.05, 3.63) is 0 Å². The van der Waals surface area contributed by atoms with Crippen LogP contribution in [0.1, 0.15) is 52.9 Å². The molecule has 108 valence electrons. The highest BCUT2D eigenvalue weighted by Gasteiger charge is 2.48. The van der Waals surface area contributed by atoms with E-state index >= 15 is 0 Å². The predicted molar refractivity (Wildman–Crippen MR) is 81.8 cm³/mol. The standard InChI is InChI=1S/C15H26N2OS/c1-14(2,3)11-6-9-17(10-11)13(18)15(12(16)19)7-4-5-8-15/h11H,4-10H2,1-3H3,(H2,16,19). The minimum atomic E-state index is -0.526. The van der Waals surface area contributed by atoms with Gasteiger partial charge in [-0.05, 0) is 30.6 Å². The molecule has 1 saturated heterocycles. The zero-order valence-corrected chi connectivity index (χ0v) is 13.2. The maximum atomic E-state index is 12.8. The molecule has 2 rings (SSSR count). The highest BCUT2D eigenvalue weighted by atomic mass is 32.1. The van der Waals surface area contributed by atoms with E-state index in [-0.39, 0.29) is 11.3 Å². The maximum absolute atomic E-state index is 12.8. The summed E-state index contributed by atoms with van der Waals surface area (Å²) in [5, 5.41) is 0. The Balaban J connectivity index is 2.11. The van der Waals surface area contributed by atoms with Crippen LogP contribution >= 0.6 is 12.2 Å². The molecule has 1 atom stereocenters. The molecule has 2 N–H and O–H groups in total. The lowest BCUT2D eigenvalue weighted by atomic mass is 9.80. The van der Waals surface area contributed by atoms with Crippen LogP contribution < -0.4 is 5.73 Å². The van der Waals surface area contributed by atoms with Gasteiger partial charge in [0.25, 0.3) is 0 Å². The second-order valence-corrected chi connectivity index (χ2v) is 7.70. The van der Waals surface area contributed by atoms with Crippen molar-refractivity contribution < 1.29 is 4.79 Å². The summed E-state index contributed by atoms with van der Waals surface area (Å²) in [7, 11) is 0. The Kier molecular flexibility index (Phi) is 3.92. The van der Waals surface area contributed by atoms with Crippen LogP contribution in [0.15, 0.2) is 0 Å². The van der Waals surface area contributed by atoms with Crippen molar-refractivity contribution in [2.24, 2.45) is 22.5 Å². The first-order valence-electron chi connectivity index (χ1n) is 7.37. The minimum absolute atomic E-state index is 0.198. The van der Waals surface area contributed by atoms with Crippen molar-refractivity contribution in [3.8, 4) is 0 Å². The van der Waals surface area contributed by atoms with E-state index in [0.29, 0.717) is 10.9 Å². The fourth-order valence-corrected chi connectivity index (χ4v) is 3.79. The van der Waals surface area contributed by atoms with Crippen molar-refractivity contribution in [1.29, 1.82) is 0 Å². The first kappa shape index (κ1) is 14.8. The molecule has 0 aromatic rings. The molecule has 19 heavy (non-hydrogen) atoms. The molecule has 0 spiro atoms. The lowest BCUT2D eigenvalue weighted by Crippen LogP contribution is -2.48. The van der Waals surface area contributed by atoms with Crippen molar-refractivity contribution in [2.75, 3.05) is 13.1 Å². The van der Waals surface area contributed by atoms with Gasteiger partial charge >= 0.3 is 0 Å². The Morgan fingerprint density at radius 2 is 1.89 bits per heavy atom. The summed E-state index contributed by atoms with van der Waals surface area (Å²) in [6, 6.07) is 0. The number of rotatable bonds is 2. The van der Waals surface area contributed by atoms with Crippen LogP contribution in [-0.4, -0.2) is 28.9 Å². The topological polar surface area (TPSA) is 46.3 Å². The van der Waals surface area contributed by atoms with E-state index in [4.69, 9.17) is 18.0 Å². The highest BCUT2D eigenvalue weighted by molar-refractivity contribution is 7.80. The monoisotopic (exact) mass is 282 g/mol. The van der Waals surface area contributed by atoms with Crippen LogP contribution in [-0.2, 0) is 4.79 Å². The molecule has 0 aromatic heterocycles. The molecule has 4 heteroatoms. The number of carbonyl (C=O) groups is 1. The number of amides is 1. The van der Waals surface area contributed by atoms with Gasteiger partial charge in [0.05, 0.1) is 10.4 Å². The molecule has 1 aliphatic carbocycles. The normalized spacial score (nSPS) is 26.7. The lowest BCUT2D eigenvalue weighted by molar-refractivity contribution is -0.137. The fourth-order valence-electron chi connectivity index (χ4n) is 3.50. The molecule has 1 saturated carbocycles. The van der Waals surface area contributed by atoms with E-state index in [1.54, 1.807) is 0 Å².